The van der Waals surface area contributed by atoms with Gasteiger partial charge in [0.15, 0.2) is 5.82 Å². The molecule has 0 aliphatic rings. The maximum absolute atomic E-state index is 9.47. The van der Waals surface area contributed by atoms with Crippen LogP contribution >= 0.6 is 0 Å². The van der Waals surface area contributed by atoms with Gasteiger partial charge in [0.2, 0.25) is 0 Å². The molecule has 0 saturated carbocycles. The van der Waals surface area contributed by atoms with Gasteiger partial charge >= 0.3 is 0 Å². The molecule has 0 spiro atoms. The predicted molar refractivity (Wildman–Crippen MR) is 78.3 cm³/mol. The summed E-state index contributed by atoms with van der Waals surface area (Å²) >= 11 is 0. The number of nitriles is 1. The molecule has 0 bridgehead atoms. The Hall–Kier alpha value is -1.63. The molecule has 0 fully saturated rings. The van der Waals surface area contributed by atoms with Crippen LogP contribution < -0.4 is 4.90 Å². The SMILES string of the molecule is CCCC(C)N(C)c1nnc(CC)c(CC)c1C#N. The number of hydrogen-bond donors (Lipinski definition) is 0. The summed E-state index contributed by atoms with van der Waals surface area (Å²) in [6.45, 7) is 8.44. The topological polar surface area (TPSA) is 52.8 Å². The van der Waals surface area contributed by atoms with Crippen molar-refractivity contribution in [2.24, 2.45) is 0 Å². The van der Waals surface area contributed by atoms with Gasteiger partial charge in [-0.1, -0.05) is 27.2 Å². The maximum atomic E-state index is 9.47. The normalized spacial score (nSPS) is 12.0. The fourth-order valence-electron chi connectivity index (χ4n) is 2.35. The van der Waals surface area contributed by atoms with Crippen LogP contribution in [0.3, 0.4) is 0 Å². The van der Waals surface area contributed by atoms with Crippen LogP contribution in [0.15, 0.2) is 0 Å². The van der Waals surface area contributed by atoms with Gasteiger partial charge in [-0.05, 0) is 31.7 Å². The number of nitrogens with zero attached hydrogens (tertiary/aromatic N) is 4. The van der Waals surface area contributed by atoms with E-state index >= 15 is 0 Å². The third-order valence-corrected chi connectivity index (χ3v) is 3.64. The predicted octanol–water partition coefficient (Wildman–Crippen LogP) is 3.10. The molecule has 1 unspecified atom stereocenters. The monoisotopic (exact) mass is 260 g/mol. The lowest BCUT2D eigenvalue weighted by Gasteiger charge is -2.27. The molecular formula is C15H24N4. The van der Waals surface area contributed by atoms with Gasteiger partial charge in [-0.25, -0.2) is 0 Å². The summed E-state index contributed by atoms with van der Waals surface area (Å²) in [4.78, 5) is 2.08. The molecular weight excluding hydrogens is 236 g/mol. The van der Waals surface area contributed by atoms with Crippen molar-refractivity contribution in [1.29, 1.82) is 5.26 Å². The van der Waals surface area contributed by atoms with E-state index in [9.17, 15) is 5.26 Å². The summed E-state index contributed by atoms with van der Waals surface area (Å²) in [6.07, 6.45) is 3.85. The van der Waals surface area contributed by atoms with Gasteiger partial charge in [0, 0.05) is 13.1 Å². The number of aromatic nitrogens is 2. The molecule has 0 aliphatic carbocycles. The van der Waals surface area contributed by atoms with Gasteiger partial charge < -0.3 is 4.90 Å². The van der Waals surface area contributed by atoms with E-state index in [1.165, 1.54) is 0 Å². The van der Waals surface area contributed by atoms with Crippen molar-refractivity contribution in [3.63, 3.8) is 0 Å². The zero-order chi connectivity index (χ0) is 14.4. The smallest absolute Gasteiger partial charge is 0.169 e. The Labute approximate surface area is 116 Å². The highest BCUT2D eigenvalue weighted by atomic mass is 15.3. The molecule has 1 aromatic rings. The molecule has 0 aliphatic heterocycles. The molecule has 0 amide bonds. The molecule has 4 heteroatoms. The molecule has 19 heavy (non-hydrogen) atoms. The minimum Gasteiger partial charge on any atom is -0.354 e. The summed E-state index contributed by atoms with van der Waals surface area (Å²) in [5, 5.41) is 18.0. The molecule has 1 aromatic heterocycles. The van der Waals surface area contributed by atoms with Gasteiger partial charge in [0.1, 0.15) is 11.6 Å². The Morgan fingerprint density at radius 1 is 1.21 bits per heavy atom. The lowest BCUT2D eigenvalue weighted by Crippen LogP contribution is -2.31. The van der Waals surface area contributed by atoms with Gasteiger partial charge in [0.05, 0.1) is 5.69 Å². The van der Waals surface area contributed by atoms with Crippen molar-refractivity contribution in [3.05, 3.63) is 16.8 Å². The third kappa shape index (κ3) is 3.23. The highest BCUT2D eigenvalue weighted by Crippen LogP contribution is 2.24. The Morgan fingerprint density at radius 2 is 1.89 bits per heavy atom. The highest BCUT2D eigenvalue weighted by Gasteiger charge is 2.19. The Balaban J connectivity index is 3.25. The van der Waals surface area contributed by atoms with Crippen LogP contribution in [0.4, 0.5) is 5.82 Å². The molecule has 104 valence electrons. The van der Waals surface area contributed by atoms with E-state index < -0.39 is 0 Å². The lowest BCUT2D eigenvalue weighted by atomic mass is 10.0. The van der Waals surface area contributed by atoms with Gasteiger partial charge in [-0.15, -0.1) is 5.10 Å². The molecule has 0 N–H and O–H groups in total. The van der Waals surface area contributed by atoms with Crippen LogP contribution in [0.2, 0.25) is 0 Å². The lowest BCUT2D eigenvalue weighted by molar-refractivity contribution is 0.606. The van der Waals surface area contributed by atoms with Crippen molar-refractivity contribution >= 4 is 5.82 Å². The molecule has 0 aromatic carbocycles. The zero-order valence-electron chi connectivity index (χ0n) is 12.7. The average molecular weight is 260 g/mol. The second-order valence-corrected chi connectivity index (χ2v) is 4.89. The standard InChI is InChI=1S/C15H24N4/c1-6-9-11(4)19(5)15-13(10-16)12(7-2)14(8-3)17-18-15/h11H,6-9H2,1-5H3. The molecule has 0 radical (unpaired) electrons. The fourth-order valence-corrected chi connectivity index (χ4v) is 2.35. The first-order chi connectivity index (χ1) is 9.10. The average Bonchev–Trinajstić information content (AvgIpc) is 2.44. The van der Waals surface area contributed by atoms with Crippen molar-refractivity contribution in [2.45, 2.75) is 59.4 Å². The summed E-state index contributed by atoms with van der Waals surface area (Å²) in [6, 6.07) is 2.69. The van der Waals surface area contributed by atoms with Crippen LogP contribution in [0, 0.1) is 11.3 Å². The van der Waals surface area contributed by atoms with Crippen LogP contribution in [-0.2, 0) is 12.8 Å². The quantitative estimate of drug-likeness (QED) is 0.788. The molecule has 1 rings (SSSR count). The van der Waals surface area contributed by atoms with Crippen molar-refractivity contribution < 1.29 is 0 Å². The van der Waals surface area contributed by atoms with Gasteiger partial charge in [-0.2, -0.15) is 10.4 Å². The minimum absolute atomic E-state index is 0.364. The second-order valence-electron chi connectivity index (χ2n) is 4.89. The second kappa shape index (κ2) is 7.08. The van der Waals surface area contributed by atoms with E-state index in [4.69, 9.17) is 0 Å². The number of rotatable bonds is 6. The highest BCUT2D eigenvalue weighted by molar-refractivity contribution is 5.58. The first-order valence-electron chi connectivity index (χ1n) is 7.11. The summed E-state index contributed by atoms with van der Waals surface area (Å²) < 4.78 is 0. The minimum atomic E-state index is 0.364. The van der Waals surface area contributed by atoms with Crippen LogP contribution in [0.5, 0.6) is 0 Å². The van der Waals surface area contributed by atoms with E-state index in [0.717, 1.165) is 42.8 Å². The summed E-state index contributed by atoms with van der Waals surface area (Å²) in [5.41, 5.74) is 2.68. The van der Waals surface area contributed by atoms with Crippen LogP contribution in [0.25, 0.3) is 0 Å². The summed E-state index contributed by atoms with van der Waals surface area (Å²) in [5.74, 6) is 0.720. The van der Waals surface area contributed by atoms with E-state index in [0.29, 0.717) is 11.6 Å². The Bertz CT molecular complexity index is 462. The van der Waals surface area contributed by atoms with Crippen molar-refractivity contribution in [1.82, 2.24) is 10.2 Å². The van der Waals surface area contributed by atoms with Crippen LogP contribution in [-0.4, -0.2) is 23.3 Å². The van der Waals surface area contributed by atoms with Crippen molar-refractivity contribution in [3.8, 4) is 6.07 Å². The Kier molecular flexibility index (Phi) is 5.75. The largest absolute Gasteiger partial charge is 0.354 e. The first kappa shape index (κ1) is 15.4. The first-order valence-corrected chi connectivity index (χ1v) is 7.11. The third-order valence-electron chi connectivity index (χ3n) is 3.64. The molecule has 1 heterocycles. The maximum Gasteiger partial charge on any atom is 0.169 e. The van der Waals surface area contributed by atoms with E-state index in [1.54, 1.807) is 0 Å². The molecule has 0 saturated heterocycles. The zero-order valence-corrected chi connectivity index (χ0v) is 12.7. The van der Waals surface area contributed by atoms with E-state index in [-0.39, 0.29) is 0 Å². The van der Waals surface area contributed by atoms with Crippen molar-refractivity contribution in [2.75, 3.05) is 11.9 Å². The van der Waals surface area contributed by atoms with E-state index in [1.807, 2.05) is 14.0 Å². The van der Waals surface area contributed by atoms with E-state index in [2.05, 4.69) is 41.9 Å². The Morgan fingerprint density at radius 3 is 2.37 bits per heavy atom. The van der Waals surface area contributed by atoms with Gasteiger partial charge in [-0.3, -0.25) is 0 Å². The number of hydrogen-bond acceptors (Lipinski definition) is 4. The molecule has 4 nitrogen and oxygen atoms in total. The molecule has 1 atom stereocenters. The summed E-state index contributed by atoms with van der Waals surface area (Å²) in [7, 11) is 2.00. The fraction of sp³-hybridized carbons (Fsp3) is 0.667. The van der Waals surface area contributed by atoms with Crippen LogP contribution in [0.1, 0.15) is 57.4 Å². The van der Waals surface area contributed by atoms with Gasteiger partial charge in [0.25, 0.3) is 0 Å². The number of aryl methyl sites for hydroxylation is 1. The number of anilines is 1.